The third-order valence-electron chi connectivity index (χ3n) is 7.00. The Balaban J connectivity index is 1.58. The molecule has 0 atom stereocenters. The van der Waals surface area contributed by atoms with Crippen LogP contribution >= 0.6 is 11.8 Å². The van der Waals surface area contributed by atoms with Crippen molar-refractivity contribution < 1.29 is 9.05 Å². The molecule has 34 heavy (non-hydrogen) atoms. The summed E-state index contributed by atoms with van der Waals surface area (Å²) in [6, 6.07) is 28.8. The second kappa shape index (κ2) is 8.94. The molecule has 3 aromatic carbocycles. The molecule has 0 fully saturated rings. The monoisotopic (exact) mass is 467 g/mol. The quantitative estimate of drug-likeness (QED) is 0.245. The molecule has 0 radical (unpaired) electrons. The highest BCUT2D eigenvalue weighted by Gasteiger charge is 2.23. The molecule has 1 aliphatic rings. The summed E-state index contributed by atoms with van der Waals surface area (Å²) >= 11 is 1.84. The predicted molar refractivity (Wildman–Crippen MR) is 146 cm³/mol. The lowest BCUT2D eigenvalue weighted by Gasteiger charge is -2.28. The number of para-hydroxylation sites is 2. The molecule has 0 unspecified atom stereocenters. The van der Waals surface area contributed by atoms with E-state index in [0.29, 0.717) is 0 Å². The van der Waals surface area contributed by atoms with Crippen LogP contribution in [0.2, 0.25) is 0 Å². The lowest BCUT2D eigenvalue weighted by atomic mass is 10.0. The summed E-state index contributed by atoms with van der Waals surface area (Å²) in [5, 5.41) is 2.52. The third-order valence-corrected chi connectivity index (χ3v) is 8.16. The van der Waals surface area contributed by atoms with Crippen molar-refractivity contribution in [1.82, 2.24) is 0 Å². The van der Waals surface area contributed by atoms with Gasteiger partial charge in [-0.05, 0) is 48.9 Å². The number of fused-ring (bicyclic) bond motifs is 2. The van der Waals surface area contributed by atoms with Crippen molar-refractivity contribution >= 4 is 34.4 Å². The first-order valence-electron chi connectivity index (χ1n) is 11.9. The normalized spacial score (nSPS) is 14.7. The Kier molecular flexibility index (Phi) is 5.97. The first kappa shape index (κ1) is 22.7. The van der Waals surface area contributed by atoms with E-state index in [1.54, 1.807) is 0 Å². The highest BCUT2D eigenvalue weighted by Crippen LogP contribution is 2.45. The minimum Gasteiger partial charge on any atom is -0.338 e. The van der Waals surface area contributed by atoms with E-state index in [2.05, 4.69) is 130 Å². The number of aryl methyl sites for hydroxylation is 1. The van der Waals surface area contributed by atoms with Gasteiger partial charge in [0, 0.05) is 35.2 Å². The molecular weight excluding hydrogens is 434 g/mol. The van der Waals surface area contributed by atoms with Crippen LogP contribution in [-0.4, -0.2) is 32.2 Å². The summed E-state index contributed by atoms with van der Waals surface area (Å²) in [5.74, 6) is 0. The fraction of sp³-hybridized carbons (Fsp3) is 0.233. The van der Waals surface area contributed by atoms with E-state index in [9.17, 15) is 0 Å². The molecule has 2 heterocycles. The Labute approximate surface area is 207 Å². The van der Waals surface area contributed by atoms with Crippen LogP contribution in [0.5, 0.6) is 0 Å². The van der Waals surface area contributed by atoms with E-state index in [-0.39, 0.29) is 0 Å². The van der Waals surface area contributed by atoms with Gasteiger partial charge in [0.25, 0.3) is 0 Å². The smallest absolute Gasteiger partial charge is 0.213 e. The summed E-state index contributed by atoms with van der Waals surface area (Å²) in [4.78, 5) is 3.61. The number of nitrogens with zero attached hydrogens (tertiary/aromatic N) is 3. The van der Waals surface area contributed by atoms with E-state index in [4.69, 9.17) is 0 Å². The molecule has 172 valence electrons. The minimum atomic E-state index is 0.994. The molecule has 0 saturated carbocycles. The maximum Gasteiger partial charge on any atom is 0.213 e. The van der Waals surface area contributed by atoms with Gasteiger partial charge >= 0.3 is 0 Å². The maximum atomic E-state index is 2.34. The fourth-order valence-electron chi connectivity index (χ4n) is 4.62. The van der Waals surface area contributed by atoms with Gasteiger partial charge in [0.05, 0.1) is 36.7 Å². The molecule has 4 aromatic rings. The number of benzene rings is 3. The van der Waals surface area contributed by atoms with Gasteiger partial charge in [-0.3, -0.25) is 0 Å². The summed E-state index contributed by atoms with van der Waals surface area (Å²) < 4.78 is 3.31. The molecule has 3 nitrogen and oxygen atoms in total. The molecule has 4 heteroatoms. The summed E-state index contributed by atoms with van der Waals surface area (Å²) in [6.07, 6.45) is 2.34. The van der Waals surface area contributed by atoms with Gasteiger partial charge in [-0.1, -0.05) is 48.2 Å². The first-order valence-corrected chi connectivity index (χ1v) is 12.7. The van der Waals surface area contributed by atoms with Crippen LogP contribution in [-0.2, 0) is 13.6 Å². The van der Waals surface area contributed by atoms with Crippen LogP contribution in [0, 0.1) is 0 Å². The predicted octanol–water partition coefficient (Wildman–Crippen LogP) is 6.47. The number of quaternary nitrogens is 1. The van der Waals surface area contributed by atoms with Crippen LogP contribution in [0.3, 0.4) is 0 Å². The zero-order valence-corrected chi connectivity index (χ0v) is 21.6. The second-order valence-corrected chi connectivity index (χ2v) is 10.8. The number of hydrogen-bond donors (Lipinski definition) is 0. The standard InChI is InChI=1S/C30H33N3S/c1-6-33(4,5)21-22-15-17-23(18-16-22)28-19-24(25-11-7-8-12-26(25)31(28)2)20-30-32(3)27-13-9-10-14-29(27)34-30/h7-20H,6,21H2,1-5H3/q+2. The summed E-state index contributed by atoms with van der Waals surface area (Å²) in [7, 11) is 8.90. The molecule has 5 rings (SSSR count). The van der Waals surface area contributed by atoms with Crippen molar-refractivity contribution in [3.63, 3.8) is 0 Å². The van der Waals surface area contributed by atoms with Crippen molar-refractivity contribution in [2.24, 2.45) is 7.05 Å². The van der Waals surface area contributed by atoms with E-state index in [1.807, 2.05) is 11.8 Å². The highest BCUT2D eigenvalue weighted by atomic mass is 32.2. The van der Waals surface area contributed by atoms with Crippen molar-refractivity contribution in [2.45, 2.75) is 18.4 Å². The van der Waals surface area contributed by atoms with Crippen LogP contribution in [0.15, 0.2) is 88.8 Å². The van der Waals surface area contributed by atoms with Gasteiger partial charge in [-0.25, -0.2) is 0 Å². The minimum absolute atomic E-state index is 0.994. The Hall–Kier alpha value is -3.08. The molecule has 0 N–H and O–H groups in total. The van der Waals surface area contributed by atoms with Crippen LogP contribution in [0.4, 0.5) is 5.69 Å². The Morgan fingerprint density at radius 2 is 1.65 bits per heavy atom. The molecule has 0 amide bonds. The van der Waals surface area contributed by atoms with Crippen LogP contribution < -0.4 is 9.47 Å². The number of thioether (sulfide) groups is 1. The Morgan fingerprint density at radius 3 is 2.38 bits per heavy atom. The van der Waals surface area contributed by atoms with Gasteiger partial charge in [0.2, 0.25) is 11.2 Å². The average Bonchev–Trinajstić information content (AvgIpc) is 3.16. The lowest BCUT2D eigenvalue weighted by Crippen LogP contribution is -2.38. The Bertz CT molecular complexity index is 1390. The van der Waals surface area contributed by atoms with E-state index < -0.39 is 0 Å². The topological polar surface area (TPSA) is 7.12 Å². The van der Waals surface area contributed by atoms with Gasteiger partial charge < -0.3 is 9.38 Å². The van der Waals surface area contributed by atoms with Crippen molar-refractivity contribution in [2.75, 3.05) is 32.6 Å². The van der Waals surface area contributed by atoms with E-state index >= 15 is 0 Å². The largest absolute Gasteiger partial charge is 0.338 e. The lowest BCUT2D eigenvalue weighted by molar-refractivity contribution is -0.901. The zero-order valence-electron chi connectivity index (χ0n) is 20.7. The molecule has 0 saturated heterocycles. The van der Waals surface area contributed by atoms with Crippen LogP contribution in [0.25, 0.3) is 28.2 Å². The molecule has 1 aliphatic heterocycles. The first-order chi connectivity index (χ1) is 16.4. The SMILES string of the molecule is CC[N+](C)(C)Cc1ccc(-c2cc(/C=C3\Sc4ccccc4N3C)c3ccccc3[n+]2C)cc1. The van der Waals surface area contributed by atoms with Crippen molar-refractivity contribution in [3.8, 4) is 11.3 Å². The van der Waals surface area contributed by atoms with Gasteiger partial charge in [0.15, 0.2) is 0 Å². The van der Waals surface area contributed by atoms with E-state index in [0.717, 1.165) is 17.6 Å². The molecule has 0 spiro atoms. The zero-order chi connectivity index (χ0) is 23.9. The van der Waals surface area contributed by atoms with Gasteiger partial charge in [0.1, 0.15) is 13.6 Å². The summed E-state index contributed by atoms with van der Waals surface area (Å²) in [5.41, 5.74) is 7.61. The molecule has 0 bridgehead atoms. The molecule has 1 aromatic heterocycles. The fourth-order valence-corrected chi connectivity index (χ4v) is 5.73. The number of aromatic nitrogens is 1. The second-order valence-electron chi connectivity index (χ2n) is 9.78. The number of rotatable bonds is 5. The number of pyridine rings is 1. The third kappa shape index (κ3) is 4.24. The number of hydrogen-bond acceptors (Lipinski definition) is 2. The number of anilines is 1. The van der Waals surface area contributed by atoms with Gasteiger partial charge in [-0.15, -0.1) is 0 Å². The average molecular weight is 468 g/mol. The van der Waals surface area contributed by atoms with E-state index in [1.165, 1.54) is 48.9 Å². The van der Waals surface area contributed by atoms with Crippen LogP contribution in [0.1, 0.15) is 18.1 Å². The summed E-state index contributed by atoms with van der Waals surface area (Å²) in [6.45, 7) is 4.41. The van der Waals surface area contributed by atoms with Gasteiger partial charge in [-0.2, -0.15) is 4.57 Å². The highest BCUT2D eigenvalue weighted by molar-refractivity contribution is 8.03. The maximum absolute atomic E-state index is 2.34. The van der Waals surface area contributed by atoms with Crippen molar-refractivity contribution in [3.05, 3.63) is 95.0 Å². The molecular formula is C30H33N3S+2. The molecule has 0 aliphatic carbocycles. The van der Waals surface area contributed by atoms with Crippen molar-refractivity contribution in [1.29, 1.82) is 0 Å². The Morgan fingerprint density at radius 1 is 0.941 bits per heavy atom.